The number of methoxy groups -OCH3 is 1. The number of carbonyl (C=O) groups is 2. The van der Waals surface area contributed by atoms with Gasteiger partial charge in [-0.15, -0.1) is 0 Å². The number of aromatic nitrogens is 1. The molecule has 3 heterocycles. The fraction of sp³-hybridized carbons (Fsp3) is 0.375. The predicted octanol–water partition coefficient (Wildman–Crippen LogP) is 2.15. The molecule has 1 aromatic heterocycles. The molecule has 0 aliphatic carbocycles. The number of aliphatic hydroxyl groups excluding tert-OH is 1. The van der Waals surface area contributed by atoms with Crippen molar-refractivity contribution in [1.29, 1.82) is 0 Å². The third-order valence-corrected chi connectivity index (χ3v) is 5.97. The SMILES string of the molecule is COc1ccc(/C(O)=C2\C(=O)C(=O)N(CCN3CCOCC3)[C@@H]2c2cccnc2)cc1C. The lowest BCUT2D eigenvalue weighted by molar-refractivity contribution is -0.140. The van der Waals surface area contributed by atoms with Gasteiger partial charge in [0, 0.05) is 44.1 Å². The molecule has 1 N–H and O–H groups in total. The number of hydrogen-bond donors (Lipinski definition) is 1. The molecule has 0 bridgehead atoms. The van der Waals surface area contributed by atoms with Gasteiger partial charge in [0.2, 0.25) is 0 Å². The largest absolute Gasteiger partial charge is 0.507 e. The molecule has 2 aliphatic heterocycles. The van der Waals surface area contributed by atoms with Crippen LogP contribution >= 0.6 is 0 Å². The van der Waals surface area contributed by atoms with Gasteiger partial charge in [-0.2, -0.15) is 0 Å². The highest BCUT2D eigenvalue weighted by Gasteiger charge is 2.46. The minimum atomic E-state index is -0.702. The van der Waals surface area contributed by atoms with Gasteiger partial charge >= 0.3 is 0 Å². The van der Waals surface area contributed by atoms with E-state index in [9.17, 15) is 14.7 Å². The molecule has 1 atom stereocenters. The van der Waals surface area contributed by atoms with Crippen LogP contribution < -0.4 is 4.74 Å². The third kappa shape index (κ3) is 4.24. The van der Waals surface area contributed by atoms with Gasteiger partial charge in [0.15, 0.2) is 0 Å². The first kappa shape index (κ1) is 22.0. The lowest BCUT2D eigenvalue weighted by Gasteiger charge is -2.30. The predicted molar refractivity (Wildman–Crippen MR) is 118 cm³/mol. The Labute approximate surface area is 187 Å². The van der Waals surface area contributed by atoms with Gasteiger partial charge in [0.05, 0.1) is 31.9 Å². The molecule has 2 aromatic rings. The van der Waals surface area contributed by atoms with Gasteiger partial charge in [-0.05, 0) is 42.3 Å². The maximum absolute atomic E-state index is 13.1. The maximum atomic E-state index is 13.1. The van der Waals surface area contributed by atoms with Crippen LogP contribution in [-0.4, -0.2) is 78.1 Å². The summed E-state index contributed by atoms with van der Waals surface area (Å²) >= 11 is 0. The Hall–Kier alpha value is -3.23. The number of aryl methyl sites for hydroxylation is 1. The van der Waals surface area contributed by atoms with Crippen molar-refractivity contribution in [2.24, 2.45) is 0 Å². The van der Waals surface area contributed by atoms with Crippen molar-refractivity contribution in [3.8, 4) is 5.75 Å². The summed E-state index contributed by atoms with van der Waals surface area (Å²) in [4.78, 5) is 34.0. The first-order valence-electron chi connectivity index (χ1n) is 10.6. The molecule has 0 saturated carbocycles. The molecule has 0 radical (unpaired) electrons. The van der Waals surface area contributed by atoms with Gasteiger partial charge in [0.25, 0.3) is 11.7 Å². The number of carbonyl (C=O) groups excluding carboxylic acids is 2. The van der Waals surface area contributed by atoms with E-state index in [1.165, 1.54) is 4.90 Å². The van der Waals surface area contributed by atoms with Crippen molar-refractivity contribution >= 4 is 17.4 Å². The van der Waals surface area contributed by atoms with Crippen molar-refractivity contribution in [1.82, 2.24) is 14.8 Å². The standard InChI is InChI=1S/C24H27N3O5/c1-16-14-17(5-6-19(16)31-2)22(28)20-21(18-4-3-7-25-15-18)27(24(30)23(20)29)9-8-26-10-12-32-13-11-26/h3-7,14-15,21,28H,8-13H2,1-2H3/b22-20+/t21-/m1/s1. The average molecular weight is 437 g/mol. The van der Waals surface area contributed by atoms with E-state index in [1.54, 1.807) is 43.8 Å². The molecule has 1 amide bonds. The van der Waals surface area contributed by atoms with Crippen LogP contribution in [0.1, 0.15) is 22.7 Å². The summed E-state index contributed by atoms with van der Waals surface area (Å²) in [5.74, 6) is -0.821. The fourth-order valence-electron chi connectivity index (χ4n) is 4.25. The monoisotopic (exact) mass is 437 g/mol. The van der Waals surface area contributed by atoms with E-state index in [0.29, 0.717) is 43.2 Å². The summed E-state index contributed by atoms with van der Waals surface area (Å²) < 4.78 is 10.7. The Bertz CT molecular complexity index is 1030. The van der Waals surface area contributed by atoms with Gasteiger partial charge in [-0.1, -0.05) is 6.07 Å². The first-order chi connectivity index (χ1) is 15.5. The molecular formula is C24H27N3O5. The van der Waals surface area contributed by atoms with E-state index < -0.39 is 17.7 Å². The van der Waals surface area contributed by atoms with Crippen LogP contribution in [-0.2, 0) is 14.3 Å². The second kappa shape index (κ2) is 9.50. The Balaban J connectivity index is 1.72. The highest BCUT2D eigenvalue weighted by atomic mass is 16.5. The van der Waals surface area contributed by atoms with Crippen LogP contribution in [0.2, 0.25) is 0 Å². The number of ether oxygens (including phenoxy) is 2. The minimum Gasteiger partial charge on any atom is -0.507 e. The van der Waals surface area contributed by atoms with E-state index in [4.69, 9.17) is 9.47 Å². The number of pyridine rings is 1. The molecule has 1 aromatic carbocycles. The van der Waals surface area contributed by atoms with Crippen LogP contribution in [0.4, 0.5) is 0 Å². The van der Waals surface area contributed by atoms with E-state index in [0.717, 1.165) is 18.7 Å². The molecule has 168 valence electrons. The van der Waals surface area contributed by atoms with Crippen LogP contribution in [0, 0.1) is 6.92 Å². The topological polar surface area (TPSA) is 92.2 Å². The van der Waals surface area contributed by atoms with Gasteiger partial charge in [0.1, 0.15) is 11.5 Å². The van der Waals surface area contributed by atoms with Crippen LogP contribution in [0.5, 0.6) is 5.75 Å². The number of benzene rings is 1. The highest BCUT2D eigenvalue weighted by molar-refractivity contribution is 6.46. The number of hydrogen-bond acceptors (Lipinski definition) is 7. The Morgan fingerprint density at radius 3 is 2.66 bits per heavy atom. The van der Waals surface area contributed by atoms with E-state index >= 15 is 0 Å². The van der Waals surface area contributed by atoms with Crippen LogP contribution in [0.25, 0.3) is 5.76 Å². The number of Topliss-reactive ketones (excluding diaryl/α,β-unsaturated/α-hetero) is 1. The Morgan fingerprint density at radius 2 is 2.00 bits per heavy atom. The van der Waals surface area contributed by atoms with Crippen molar-refractivity contribution < 1.29 is 24.2 Å². The van der Waals surface area contributed by atoms with Crippen molar-refractivity contribution in [3.63, 3.8) is 0 Å². The number of nitrogens with zero attached hydrogens (tertiary/aromatic N) is 3. The Morgan fingerprint density at radius 1 is 1.22 bits per heavy atom. The van der Waals surface area contributed by atoms with Gasteiger partial charge in [-0.25, -0.2) is 0 Å². The minimum absolute atomic E-state index is 0.0783. The van der Waals surface area contributed by atoms with E-state index in [2.05, 4.69) is 9.88 Å². The van der Waals surface area contributed by atoms with E-state index in [-0.39, 0.29) is 11.3 Å². The maximum Gasteiger partial charge on any atom is 0.295 e. The molecule has 8 heteroatoms. The molecule has 0 spiro atoms. The number of ketones is 1. The molecular weight excluding hydrogens is 410 g/mol. The number of aliphatic hydroxyl groups is 1. The smallest absolute Gasteiger partial charge is 0.295 e. The number of likely N-dealkylation sites (tertiary alicyclic amines) is 1. The zero-order valence-electron chi connectivity index (χ0n) is 18.3. The van der Waals surface area contributed by atoms with Crippen molar-refractivity contribution in [3.05, 3.63) is 65.0 Å². The number of rotatable bonds is 6. The zero-order chi connectivity index (χ0) is 22.7. The normalized spacial score (nSPS) is 21.2. The summed E-state index contributed by atoms with van der Waals surface area (Å²) in [5.41, 5.74) is 2.04. The second-order valence-corrected chi connectivity index (χ2v) is 7.92. The average Bonchev–Trinajstić information content (AvgIpc) is 3.08. The summed E-state index contributed by atoms with van der Waals surface area (Å²) in [7, 11) is 1.57. The number of morpholine rings is 1. The lowest BCUT2D eigenvalue weighted by Crippen LogP contribution is -2.42. The van der Waals surface area contributed by atoms with Crippen molar-refractivity contribution in [2.75, 3.05) is 46.5 Å². The molecule has 2 saturated heterocycles. The molecule has 32 heavy (non-hydrogen) atoms. The Kier molecular flexibility index (Phi) is 6.53. The molecule has 4 rings (SSSR count). The fourth-order valence-corrected chi connectivity index (χ4v) is 4.25. The molecule has 2 fully saturated rings. The second-order valence-electron chi connectivity index (χ2n) is 7.92. The highest BCUT2D eigenvalue weighted by Crippen LogP contribution is 2.39. The summed E-state index contributed by atoms with van der Waals surface area (Å²) in [6.07, 6.45) is 3.26. The summed E-state index contributed by atoms with van der Waals surface area (Å²) in [5, 5.41) is 11.2. The third-order valence-electron chi connectivity index (χ3n) is 5.97. The first-order valence-corrected chi connectivity index (χ1v) is 10.6. The van der Waals surface area contributed by atoms with Gasteiger partial charge in [-0.3, -0.25) is 19.5 Å². The van der Waals surface area contributed by atoms with Gasteiger partial charge < -0.3 is 19.5 Å². The molecule has 0 unspecified atom stereocenters. The van der Waals surface area contributed by atoms with E-state index in [1.807, 2.05) is 13.0 Å². The van der Waals surface area contributed by atoms with Crippen LogP contribution in [0.3, 0.4) is 0 Å². The summed E-state index contributed by atoms with van der Waals surface area (Å²) in [6, 6.07) is 8.04. The zero-order valence-corrected chi connectivity index (χ0v) is 18.3. The quantitative estimate of drug-likeness (QED) is 0.421. The molecule has 8 nitrogen and oxygen atoms in total. The van der Waals surface area contributed by atoms with Crippen molar-refractivity contribution in [2.45, 2.75) is 13.0 Å². The summed E-state index contributed by atoms with van der Waals surface area (Å²) in [6.45, 7) is 5.72. The molecule has 2 aliphatic rings. The lowest BCUT2D eigenvalue weighted by atomic mass is 9.95. The number of amides is 1. The van der Waals surface area contributed by atoms with Crippen LogP contribution in [0.15, 0.2) is 48.3 Å².